The van der Waals surface area contributed by atoms with Crippen LogP contribution in [-0.2, 0) is 16.0 Å². The van der Waals surface area contributed by atoms with Gasteiger partial charge in [0.15, 0.2) is 23.0 Å². The van der Waals surface area contributed by atoms with Crippen LogP contribution in [0.5, 0.6) is 28.7 Å². The van der Waals surface area contributed by atoms with Crippen LogP contribution in [0.1, 0.15) is 26.3 Å². The highest BCUT2D eigenvalue weighted by Gasteiger charge is 2.34. The molecule has 2 aromatic carbocycles. The molecule has 1 atom stereocenters. The third-order valence-corrected chi connectivity index (χ3v) is 4.63. The predicted octanol–water partition coefficient (Wildman–Crippen LogP) is 3.49. The van der Waals surface area contributed by atoms with Gasteiger partial charge in [-0.3, -0.25) is 0 Å². The van der Waals surface area contributed by atoms with E-state index in [1.54, 1.807) is 20.8 Å². The van der Waals surface area contributed by atoms with E-state index in [9.17, 15) is 30.3 Å². The van der Waals surface area contributed by atoms with Gasteiger partial charge in [-0.1, -0.05) is 24.9 Å². The average Bonchev–Trinajstić information content (AvgIpc) is 2.68. The predicted molar refractivity (Wildman–Crippen MR) is 120 cm³/mol. The molecule has 31 heavy (non-hydrogen) atoms. The van der Waals surface area contributed by atoms with Crippen LogP contribution in [0.15, 0.2) is 43.0 Å². The van der Waals surface area contributed by atoms with Crippen molar-refractivity contribution < 1.29 is 35.1 Å². The standard InChI is InChI=1S/C22H25NO7S/c1-5-18(31)23(13-7-9-15(24)17(26)11-13)14(21(29)30-22(2,3)4)10-12-6-8-16(25)20(28)19(12)27/h5-9,11,14,24-28H,1,10H2,2-4H3/t14-/m1/s1. The minimum Gasteiger partial charge on any atom is -0.504 e. The molecule has 0 spiro atoms. The van der Waals surface area contributed by atoms with Crippen LogP contribution in [0.2, 0.25) is 0 Å². The van der Waals surface area contributed by atoms with Crippen molar-refractivity contribution in [3.05, 3.63) is 48.6 Å². The highest BCUT2D eigenvalue weighted by Crippen LogP contribution is 2.39. The molecule has 0 saturated carbocycles. The number of phenols is 5. The van der Waals surface area contributed by atoms with E-state index in [4.69, 9.17) is 17.0 Å². The van der Waals surface area contributed by atoms with Crippen LogP contribution in [0.4, 0.5) is 5.69 Å². The Balaban J connectivity index is 2.63. The molecular weight excluding hydrogens is 422 g/mol. The lowest BCUT2D eigenvalue weighted by Gasteiger charge is -2.34. The highest BCUT2D eigenvalue weighted by atomic mass is 32.1. The van der Waals surface area contributed by atoms with E-state index in [2.05, 4.69) is 6.58 Å². The van der Waals surface area contributed by atoms with Crippen molar-refractivity contribution >= 4 is 28.9 Å². The Morgan fingerprint density at radius 2 is 1.68 bits per heavy atom. The smallest absolute Gasteiger partial charge is 0.330 e. The number of benzene rings is 2. The minimum absolute atomic E-state index is 0.114. The van der Waals surface area contributed by atoms with E-state index < -0.39 is 40.6 Å². The van der Waals surface area contributed by atoms with Gasteiger partial charge in [0.25, 0.3) is 0 Å². The lowest BCUT2D eigenvalue weighted by molar-refractivity contribution is -0.156. The molecule has 8 nitrogen and oxygen atoms in total. The number of esters is 1. The molecule has 166 valence electrons. The van der Waals surface area contributed by atoms with Crippen LogP contribution in [0.25, 0.3) is 0 Å². The fraction of sp³-hybridized carbons (Fsp3) is 0.273. The Kier molecular flexibility index (Phi) is 7.02. The molecule has 0 radical (unpaired) electrons. The average molecular weight is 448 g/mol. The van der Waals surface area contributed by atoms with Gasteiger partial charge < -0.3 is 35.2 Å². The Morgan fingerprint density at radius 3 is 2.23 bits per heavy atom. The molecule has 0 heterocycles. The first-order valence-corrected chi connectivity index (χ1v) is 9.69. The molecule has 0 aliphatic heterocycles. The number of ether oxygens (including phenoxy) is 1. The summed E-state index contributed by atoms with van der Waals surface area (Å²) < 4.78 is 5.54. The fourth-order valence-corrected chi connectivity index (χ4v) is 3.09. The number of thiocarbonyl (C=S) groups is 1. The van der Waals surface area contributed by atoms with Gasteiger partial charge in [-0.05, 0) is 45.0 Å². The Labute approximate surface area is 185 Å². The monoisotopic (exact) mass is 447 g/mol. The minimum atomic E-state index is -1.15. The molecule has 0 aliphatic carbocycles. The van der Waals surface area contributed by atoms with E-state index in [-0.39, 0.29) is 28.4 Å². The Morgan fingerprint density at radius 1 is 1.06 bits per heavy atom. The summed E-state index contributed by atoms with van der Waals surface area (Å²) in [7, 11) is 0. The first kappa shape index (κ1) is 23.8. The van der Waals surface area contributed by atoms with Gasteiger partial charge in [0.2, 0.25) is 5.75 Å². The van der Waals surface area contributed by atoms with Crippen LogP contribution < -0.4 is 4.90 Å². The Hall–Kier alpha value is -3.46. The Bertz CT molecular complexity index is 1010. The summed E-state index contributed by atoms with van der Waals surface area (Å²) in [6.45, 7) is 8.71. The molecule has 0 saturated heterocycles. The summed E-state index contributed by atoms with van der Waals surface area (Å²) in [5.74, 6) is -3.31. The first-order chi connectivity index (χ1) is 14.4. The number of anilines is 1. The summed E-state index contributed by atoms with van der Waals surface area (Å²) in [5.41, 5.74) is -0.433. The number of nitrogens with zero attached hydrogens (tertiary/aromatic N) is 1. The van der Waals surface area contributed by atoms with Gasteiger partial charge in [0, 0.05) is 23.7 Å². The summed E-state index contributed by atoms with van der Waals surface area (Å²) in [6.07, 6.45) is 1.15. The maximum atomic E-state index is 13.2. The largest absolute Gasteiger partial charge is 0.504 e. The second-order valence-corrected chi connectivity index (χ2v) is 8.20. The molecule has 9 heteroatoms. The number of hydrogen-bond acceptors (Lipinski definition) is 8. The number of carbonyl (C=O) groups is 1. The van der Waals surface area contributed by atoms with Gasteiger partial charge in [0.1, 0.15) is 16.6 Å². The van der Waals surface area contributed by atoms with Crippen molar-refractivity contribution in [1.29, 1.82) is 0 Å². The van der Waals surface area contributed by atoms with Gasteiger partial charge >= 0.3 is 5.97 Å². The quantitative estimate of drug-likeness (QED) is 0.195. The fourth-order valence-electron chi connectivity index (χ4n) is 2.85. The first-order valence-electron chi connectivity index (χ1n) is 9.29. The molecule has 0 amide bonds. The van der Waals surface area contributed by atoms with E-state index in [0.29, 0.717) is 0 Å². The zero-order valence-electron chi connectivity index (χ0n) is 17.4. The summed E-state index contributed by atoms with van der Waals surface area (Å²) in [5, 5.41) is 49.3. The number of aromatic hydroxyl groups is 5. The molecule has 0 aliphatic rings. The summed E-state index contributed by atoms with van der Waals surface area (Å²) in [4.78, 5) is 14.6. The molecule has 5 N–H and O–H groups in total. The lowest BCUT2D eigenvalue weighted by atomic mass is 10.0. The van der Waals surface area contributed by atoms with E-state index >= 15 is 0 Å². The van der Waals surface area contributed by atoms with Crippen molar-refractivity contribution in [3.8, 4) is 28.7 Å². The summed E-state index contributed by atoms with van der Waals surface area (Å²) in [6, 6.07) is 5.28. The van der Waals surface area contributed by atoms with E-state index in [0.717, 1.165) is 0 Å². The molecule has 0 fully saturated rings. The zero-order valence-corrected chi connectivity index (χ0v) is 18.2. The van der Waals surface area contributed by atoms with E-state index in [1.165, 1.54) is 41.3 Å². The summed E-state index contributed by atoms with van der Waals surface area (Å²) >= 11 is 5.37. The normalized spacial score (nSPS) is 12.1. The van der Waals surface area contributed by atoms with Gasteiger partial charge in [-0.15, -0.1) is 0 Å². The number of hydrogen-bond donors (Lipinski definition) is 5. The van der Waals surface area contributed by atoms with Crippen molar-refractivity contribution in [2.24, 2.45) is 0 Å². The zero-order chi connectivity index (χ0) is 23.5. The SMILES string of the molecule is C=CC(=S)N(c1ccc(O)c(O)c1)[C@H](Cc1ccc(O)c(O)c1O)C(=O)OC(C)(C)C. The van der Waals surface area contributed by atoms with E-state index in [1.807, 2.05) is 0 Å². The third-order valence-electron chi connectivity index (χ3n) is 4.27. The van der Waals surface area contributed by atoms with Gasteiger partial charge in [-0.2, -0.15) is 0 Å². The van der Waals surface area contributed by atoms with Crippen molar-refractivity contribution in [1.82, 2.24) is 0 Å². The van der Waals surface area contributed by atoms with Crippen LogP contribution >= 0.6 is 12.2 Å². The topological polar surface area (TPSA) is 131 Å². The van der Waals surface area contributed by atoms with Crippen molar-refractivity contribution in [2.45, 2.75) is 38.8 Å². The van der Waals surface area contributed by atoms with Gasteiger partial charge in [-0.25, -0.2) is 4.79 Å². The maximum Gasteiger partial charge on any atom is 0.330 e. The number of rotatable bonds is 6. The molecule has 2 aromatic rings. The third kappa shape index (κ3) is 5.58. The molecule has 0 unspecified atom stereocenters. The van der Waals surface area contributed by atoms with Crippen molar-refractivity contribution in [2.75, 3.05) is 4.90 Å². The maximum absolute atomic E-state index is 13.2. The number of phenolic OH excluding ortho intramolecular Hbond substituents is 5. The second kappa shape index (κ2) is 9.13. The van der Waals surface area contributed by atoms with Crippen LogP contribution in [-0.4, -0.2) is 48.1 Å². The highest BCUT2D eigenvalue weighted by molar-refractivity contribution is 7.81. The second-order valence-electron chi connectivity index (χ2n) is 7.78. The van der Waals surface area contributed by atoms with Gasteiger partial charge in [0.05, 0.1) is 0 Å². The lowest BCUT2D eigenvalue weighted by Crippen LogP contribution is -2.48. The molecular formula is C22H25NO7S. The molecule has 0 aromatic heterocycles. The van der Waals surface area contributed by atoms with Crippen LogP contribution in [0, 0.1) is 0 Å². The van der Waals surface area contributed by atoms with Crippen molar-refractivity contribution in [3.63, 3.8) is 0 Å². The van der Waals surface area contributed by atoms with Crippen LogP contribution in [0.3, 0.4) is 0 Å². The number of carbonyl (C=O) groups excluding carboxylic acids is 1. The molecule has 0 bridgehead atoms. The molecule has 2 rings (SSSR count).